The lowest BCUT2D eigenvalue weighted by atomic mass is 10.1. The second-order valence-corrected chi connectivity index (χ2v) is 4.09. The number of nitrogens with one attached hydrogen (secondary N) is 1. The van der Waals surface area contributed by atoms with Crippen LogP contribution in [-0.2, 0) is 13.1 Å². The highest BCUT2D eigenvalue weighted by Gasteiger charge is 2.25. The first-order valence-electron chi connectivity index (χ1n) is 5.40. The van der Waals surface area contributed by atoms with Crippen LogP contribution in [0.2, 0.25) is 0 Å². The maximum atomic E-state index is 12.2. The molecule has 0 unspecified atom stereocenters. The molecule has 2 aromatic rings. The summed E-state index contributed by atoms with van der Waals surface area (Å²) in [6.45, 7) is 1.26. The molecule has 0 spiro atoms. The number of hydrogen-bond donors (Lipinski definition) is 2. The minimum Gasteiger partial charge on any atom is -0.382 e. The molecule has 3 N–H and O–H groups in total. The van der Waals surface area contributed by atoms with Crippen molar-refractivity contribution in [1.29, 1.82) is 0 Å². The Hall–Kier alpha value is -2.30. The summed E-state index contributed by atoms with van der Waals surface area (Å²) >= 11 is 0. The van der Waals surface area contributed by atoms with E-state index in [4.69, 9.17) is 5.73 Å². The molecular weight excluding hydrogens is 216 g/mol. The van der Waals surface area contributed by atoms with Gasteiger partial charge in [0.2, 0.25) is 0 Å². The largest absolute Gasteiger partial charge is 0.382 e. The van der Waals surface area contributed by atoms with Crippen LogP contribution >= 0.6 is 0 Å². The number of nitrogen functional groups attached to an aromatic ring is 1. The number of amides is 1. The van der Waals surface area contributed by atoms with Gasteiger partial charge < -0.3 is 15.6 Å². The molecule has 0 bridgehead atoms. The fraction of sp³-hybridized carbons (Fsp3) is 0.167. The van der Waals surface area contributed by atoms with Crippen LogP contribution in [0.25, 0.3) is 0 Å². The number of nitrogens with zero attached hydrogens (tertiary/aromatic N) is 2. The molecular formula is C12H12N4O. The Morgan fingerprint density at radius 2 is 1.94 bits per heavy atom. The van der Waals surface area contributed by atoms with Crippen molar-refractivity contribution in [2.24, 2.45) is 0 Å². The van der Waals surface area contributed by atoms with E-state index < -0.39 is 0 Å². The van der Waals surface area contributed by atoms with Crippen molar-refractivity contribution in [3.05, 3.63) is 47.4 Å². The van der Waals surface area contributed by atoms with Crippen molar-refractivity contribution in [1.82, 2.24) is 14.9 Å². The monoisotopic (exact) mass is 228 g/mol. The summed E-state index contributed by atoms with van der Waals surface area (Å²) in [5.41, 5.74) is 8.38. The van der Waals surface area contributed by atoms with Crippen LogP contribution in [-0.4, -0.2) is 20.8 Å². The van der Waals surface area contributed by atoms with Crippen LogP contribution in [0, 0.1) is 0 Å². The topological polar surface area (TPSA) is 75.0 Å². The highest BCUT2D eigenvalue weighted by Crippen LogP contribution is 2.24. The minimum absolute atomic E-state index is 0.101. The normalized spacial score (nSPS) is 13.8. The maximum absolute atomic E-state index is 12.2. The molecule has 86 valence electrons. The van der Waals surface area contributed by atoms with Gasteiger partial charge in [-0.25, -0.2) is 4.98 Å². The Bertz CT molecular complexity index is 550. The molecule has 17 heavy (non-hydrogen) atoms. The third-order valence-electron chi connectivity index (χ3n) is 3.01. The van der Waals surface area contributed by atoms with E-state index in [1.165, 1.54) is 17.5 Å². The zero-order valence-corrected chi connectivity index (χ0v) is 9.18. The molecule has 1 aliphatic heterocycles. The summed E-state index contributed by atoms with van der Waals surface area (Å²) < 4.78 is 0. The molecule has 0 saturated carbocycles. The van der Waals surface area contributed by atoms with Crippen molar-refractivity contribution in [2.75, 3.05) is 5.73 Å². The molecule has 2 heterocycles. The van der Waals surface area contributed by atoms with Crippen molar-refractivity contribution < 1.29 is 4.79 Å². The Morgan fingerprint density at radius 3 is 2.47 bits per heavy atom. The first kappa shape index (κ1) is 9.89. The van der Waals surface area contributed by atoms with Gasteiger partial charge in [0.15, 0.2) is 5.82 Å². The van der Waals surface area contributed by atoms with Crippen molar-refractivity contribution in [2.45, 2.75) is 13.1 Å². The van der Waals surface area contributed by atoms with Gasteiger partial charge in [0, 0.05) is 13.1 Å². The van der Waals surface area contributed by atoms with Crippen LogP contribution in [0.15, 0.2) is 30.6 Å². The van der Waals surface area contributed by atoms with Gasteiger partial charge >= 0.3 is 0 Å². The number of benzene rings is 1. The molecule has 0 aliphatic carbocycles. The number of H-pyrrole nitrogens is 1. The number of hydrogen-bond acceptors (Lipinski definition) is 3. The molecule has 0 atom stereocenters. The van der Waals surface area contributed by atoms with Gasteiger partial charge in [-0.1, -0.05) is 24.3 Å². The van der Waals surface area contributed by atoms with Crippen LogP contribution in [0.5, 0.6) is 0 Å². The number of anilines is 1. The lowest BCUT2D eigenvalue weighted by Crippen LogP contribution is -2.26. The molecule has 0 fully saturated rings. The number of aromatic amines is 1. The summed E-state index contributed by atoms with van der Waals surface area (Å²) in [6.07, 6.45) is 1.44. The Balaban J connectivity index is 1.86. The number of imidazole rings is 1. The van der Waals surface area contributed by atoms with Gasteiger partial charge in [-0.15, -0.1) is 0 Å². The number of carbonyl (C=O) groups is 1. The highest BCUT2D eigenvalue weighted by atomic mass is 16.2. The van der Waals surface area contributed by atoms with Crippen molar-refractivity contribution >= 4 is 11.7 Å². The van der Waals surface area contributed by atoms with Gasteiger partial charge in [0.05, 0.1) is 6.33 Å². The standard InChI is InChI=1S/C12H12N4O/c13-11-10(14-7-15-11)12(17)16-5-8-3-1-2-4-9(8)6-16/h1-4,7H,5-6,13H2,(H,14,15). The lowest BCUT2D eigenvalue weighted by molar-refractivity contribution is 0.0747. The van der Waals surface area contributed by atoms with E-state index in [9.17, 15) is 4.79 Å². The van der Waals surface area contributed by atoms with Gasteiger partial charge in [-0.3, -0.25) is 4.79 Å². The third-order valence-corrected chi connectivity index (χ3v) is 3.01. The van der Waals surface area contributed by atoms with E-state index in [0.29, 0.717) is 18.8 Å². The zero-order valence-electron chi connectivity index (χ0n) is 9.18. The van der Waals surface area contributed by atoms with Gasteiger partial charge in [0.1, 0.15) is 5.69 Å². The fourth-order valence-corrected chi connectivity index (χ4v) is 2.11. The van der Waals surface area contributed by atoms with E-state index in [0.717, 1.165) is 0 Å². The van der Waals surface area contributed by atoms with E-state index in [1.807, 2.05) is 24.3 Å². The number of carbonyl (C=O) groups excluding carboxylic acids is 1. The summed E-state index contributed by atoms with van der Waals surface area (Å²) in [4.78, 5) is 20.5. The minimum atomic E-state index is -0.101. The van der Waals surface area contributed by atoms with Crippen molar-refractivity contribution in [3.8, 4) is 0 Å². The van der Waals surface area contributed by atoms with Crippen molar-refractivity contribution in [3.63, 3.8) is 0 Å². The second kappa shape index (κ2) is 3.62. The summed E-state index contributed by atoms with van der Waals surface area (Å²) in [6, 6.07) is 8.05. The predicted octanol–water partition coefficient (Wildman–Crippen LogP) is 1.15. The fourth-order valence-electron chi connectivity index (χ4n) is 2.11. The molecule has 3 rings (SSSR count). The van der Waals surface area contributed by atoms with E-state index in [2.05, 4.69) is 9.97 Å². The smallest absolute Gasteiger partial charge is 0.274 e. The SMILES string of the molecule is Nc1nc[nH]c1C(=O)N1Cc2ccccc2C1. The zero-order chi connectivity index (χ0) is 11.8. The molecule has 5 nitrogen and oxygen atoms in total. The number of fused-ring (bicyclic) bond motifs is 1. The maximum Gasteiger partial charge on any atom is 0.274 e. The molecule has 1 aromatic carbocycles. The third kappa shape index (κ3) is 1.56. The van der Waals surface area contributed by atoms with E-state index in [1.54, 1.807) is 4.90 Å². The summed E-state index contributed by atoms with van der Waals surface area (Å²) in [5.74, 6) is 0.155. The van der Waals surface area contributed by atoms with E-state index in [-0.39, 0.29) is 11.7 Å². The number of aromatic nitrogens is 2. The molecule has 0 saturated heterocycles. The molecule has 1 aliphatic rings. The number of nitrogens with two attached hydrogens (primary N) is 1. The molecule has 1 amide bonds. The summed E-state index contributed by atoms with van der Waals surface area (Å²) in [7, 11) is 0. The number of rotatable bonds is 1. The predicted molar refractivity (Wildman–Crippen MR) is 63.0 cm³/mol. The summed E-state index contributed by atoms with van der Waals surface area (Å²) in [5, 5.41) is 0. The highest BCUT2D eigenvalue weighted by molar-refractivity contribution is 5.96. The van der Waals surface area contributed by atoms with E-state index >= 15 is 0 Å². The Kier molecular flexibility index (Phi) is 2.11. The molecule has 1 aromatic heterocycles. The second-order valence-electron chi connectivity index (χ2n) is 4.09. The quantitative estimate of drug-likeness (QED) is 0.768. The average molecular weight is 228 g/mol. The first-order valence-corrected chi connectivity index (χ1v) is 5.40. The molecule has 0 radical (unpaired) electrons. The van der Waals surface area contributed by atoms with Crippen LogP contribution in [0.1, 0.15) is 21.6 Å². The van der Waals surface area contributed by atoms with Crippen LogP contribution < -0.4 is 5.73 Å². The van der Waals surface area contributed by atoms with Crippen LogP contribution in [0.3, 0.4) is 0 Å². The molecule has 5 heteroatoms. The Morgan fingerprint density at radius 1 is 1.29 bits per heavy atom. The Labute approximate surface area is 98.3 Å². The first-order chi connectivity index (χ1) is 8.25. The van der Waals surface area contributed by atoms with Gasteiger partial charge in [-0.05, 0) is 11.1 Å². The lowest BCUT2D eigenvalue weighted by Gasteiger charge is -2.14. The average Bonchev–Trinajstić information content (AvgIpc) is 2.93. The van der Waals surface area contributed by atoms with Gasteiger partial charge in [-0.2, -0.15) is 0 Å². The van der Waals surface area contributed by atoms with Crippen LogP contribution in [0.4, 0.5) is 5.82 Å². The van der Waals surface area contributed by atoms with Gasteiger partial charge in [0.25, 0.3) is 5.91 Å².